The molecule has 104 valence electrons. The van der Waals surface area contributed by atoms with Gasteiger partial charge < -0.3 is 15.4 Å². The lowest BCUT2D eigenvalue weighted by Crippen LogP contribution is -2.40. The molecule has 0 saturated carbocycles. The molecule has 0 aromatic carbocycles. The number of carbonyl (C=O) groups is 1. The maximum atomic E-state index is 12.4. The first-order valence-corrected chi connectivity index (χ1v) is 7.08. The van der Waals surface area contributed by atoms with Gasteiger partial charge in [0.1, 0.15) is 10.6 Å². The first-order chi connectivity index (χ1) is 9.77. The van der Waals surface area contributed by atoms with E-state index >= 15 is 0 Å². The number of amides is 1. The molecular formula is C13H14N4O2S. The van der Waals surface area contributed by atoms with E-state index in [1.165, 1.54) is 0 Å². The van der Waals surface area contributed by atoms with Crippen molar-refractivity contribution in [2.75, 3.05) is 32.0 Å². The minimum absolute atomic E-state index is 0.0783. The predicted octanol–water partition coefficient (Wildman–Crippen LogP) is 1.26. The fourth-order valence-electron chi connectivity index (χ4n) is 2.05. The quantitative estimate of drug-likeness (QED) is 0.900. The van der Waals surface area contributed by atoms with Crippen LogP contribution in [0.2, 0.25) is 0 Å². The van der Waals surface area contributed by atoms with E-state index in [0.717, 1.165) is 11.5 Å². The molecule has 2 N–H and O–H groups in total. The summed E-state index contributed by atoms with van der Waals surface area (Å²) in [6.45, 7) is 2.32. The molecule has 3 rings (SSSR count). The van der Waals surface area contributed by atoms with Gasteiger partial charge in [-0.1, -0.05) is 6.07 Å². The second-order valence-corrected chi connectivity index (χ2v) is 5.17. The summed E-state index contributed by atoms with van der Waals surface area (Å²) in [4.78, 5) is 18.8. The molecule has 2 aromatic rings. The van der Waals surface area contributed by atoms with Gasteiger partial charge in [-0.25, -0.2) is 0 Å². The predicted molar refractivity (Wildman–Crippen MR) is 76.5 cm³/mol. The molecule has 1 fully saturated rings. The number of aromatic nitrogens is 2. The van der Waals surface area contributed by atoms with Crippen LogP contribution in [0.4, 0.5) is 5.69 Å². The van der Waals surface area contributed by atoms with E-state index in [1.807, 2.05) is 18.2 Å². The summed E-state index contributed by atoms with van der Waals surface area (Å²) in [7, 11) is 0. The van der Waals surface area contributed by atoms with Crippen molar-refractivity contribution in [3.05, 3.63) is 29.3 Å². The Bertz CT molecular complexity index is 608. The Morgan fingerprint density at radius 3 is 2.85 bits per heavy atom. The summed E-state index contributed by atoms with van der Waals surface area (Å²) in [5, 5.41) is 0. The molecule has 7 heteroatoms. The maximum absolute atomic E-state index is 12.4. The Morgan fingerprint density at radius 2 is 2.15 bits per heavy atom. The van der Waals surface area contributed by atoms with E-state index in [-0.39, 0.29) is 5.91 Å². The van der Waals surface area contributed by atoms with Gasteiger partial charge in [-0.2, -0.15) is 4.37 Å². The van der Waals surface area contributed by atoms with Crippen molar-refractivity contribution in [2.24, 2.45) is 0 Å². The highest BCUT2D eigenvalue weighted by Crippen LogP contribution is 2.30. The SMILES string of the molecule is Nc1c(-c2ccccn2)nsc1C(=O)N1CCOCC1. The Labute approximate surface area is 120 Å². The van der Waals surface area contributed by atoms with E-state index in [0.29, 0.717) is 48.3 Å². The molecule has 1 aliphatic rings. The molecular weight excluding hydrogens is 276 g/mol. The van der Waals surface area contributed by atoms with Gasteiger partial charge in [-0.15, -0.1) is 0 Å². The zero-order chi connectivity index (χ0) is 13.9. The van der Waals surface area contributed by atoms with Gasteiger partial charge in [0.25, 0.3) is 5.91 Å². The molecule has 0 radical (unpaired) electrons. The molecule has 1 aliphatic heterocycles. The third-order valence-electron chi connectivity index (χ3n) is 3.13. The fourth-order valence-corrected chi connectivity index (χ4v) is 2.83. The lowest BCUT2D eigenvalue weighted by molar-refractivity contribution is 0.0307. The molecule has 3 heterocycles. The Kier molecular flexibility index (Phi) is 3.62. The summed E-state index contributed by atoms with van der Waals surface area (Å²) in [5.74, 6) is -0.0783. The Morgan fingerprint density at radius 1 is 1.35 bits per heavy atom. The third-order valence-corrected chi connectivity index (χ3v) is 3.98. The average molecular weight is 290 g/mol. The minimum Gasteiger partial charge on any atom is -0.396 e. The molecule has 2 aromatic heterocycles. The van der Waals surface area contributed by atoms with Crippen molar-refractivity contribution in [3.63, 3.8) is 0 Å². The van der Waals surface area contributed by atoms with Crippen LogP contribution in [0, 0.1) is 0 Å². The van der Waals surface area contributed by atoms with Gasteiger partial charge >= 0.3 is 0 Å². The van der Waals surface area contributed by atoms with Gasteiger partial charge in [-0.05, 0) is 23.7 Å². The lowest BCUT2D eigenvalue weighted by Gasteiger charge is -2.26. The van der Waals surface area contributed by atoms with Gasteiger partial charge in [0.05, 0.1) is 24.6 Å². The summed E-state index contributed by atoms with van der Waals surface area (Å²) in [6, 6.07) is 5.52. The number of anilines is 1. The molecule has 1 saturated heterocycles. The second kappa shape index (κ2) is 5.56. The van der Waals surface area contributed by atoms with Crippen molar-refractivity contribution in [1.29, 1.82) is 0 Å². The average Bonchev–Trinajstić information content (AvgIpc) is 2.90. The number of nitrogens with two attached hydrogens (primary N) is 1. The number of nitrogen functional groups attached to an aromatic ring is 1. The molecule has 0 unspecified atom stereocenters. The number of carbonyl (C=O) groups excluding carboxylic acids is 1. The molecule has 20 heavy (non-hydrogen) atoms. The van der Waals surface area contributed by atoms with Crippen molar-refractivity contribution in [2.45, 2.75) is 0 Å². The van der Waals surface area contributed by atoms with E-state index in [9.17, 15) is 4.79 Å². The van der Waals surface area contributed by atoms with Crippen LogP contribution in [0.25, 0.3) is 11.4 Å². The summed E-state index contributed by atoms with van der Waals surface area (Å²) >= 11 is 1.13. The number of pyridine rings is 1. The molecule has 6 nitrogen and oxygen atoms in total. The molecule has 0 bridgehead atoms. The fraction of sp³-hybridized carbons (Fsp3) is 0.308. The van der Waals surface area contributed by atoms with Gasteiger partial charge in [0.2, 0.25) is 0 Å². The van der Waals surface area contributed by atoms with Crippen molar-refractivity contribution < 1.29 is 9.53 Å². The Balaban J connectivity index is 1.88. The van der Waals surface area contributed by atoms with Crippen LogP contribution in [-0.2, 0) is 4.74 Å². The highest BCUT2D eigenvalue weighted by Gasteiger charge is 2.25. The first-order valence-electron chi connectivity index (χ1n) is 6.31. The van der Waals surface area contributed by atoms with Crippen LogP contribution in [0.15, 0.2) is 24.4 Å². The maximum Gasteiger partial charge on any atom is 0.267 e. The summed E-state index contributed by atoms with van der Waals surface area (Å²) < 4.78 is 9.52. The van der Waals surface area contributed by atoms with Crippen LogP contribution in [0.5, 0.6) is 0 Å². The van der Waals surface area contributed by atoms with E-state index in [4.69, 9.17) is 10.5 Å². The van der Waals surface area contributed by atoms with Crippen molar-refractivity contribution in [3.8, 4) is 11.4 Å². The summed E-state index contributed by atoms with van der Waals surface area (Å²) in [5.41, 5.74) is 7.74. The highest BCUT2D eigenvalue weighted by atomic mass is 32.1. The van der Waals surface area contributed by atoms with Crippen LogP contribution in [-0.4, -0.2) is 46.5 Å². The second-order valence-electron chi connectivity index (χ2n) is 4.39. The number of hydrogen-bond acceptors (Lipinski definition) is 6. The van der Waals surface area contributed by atoms with Crippen LogP contribution < -0.4 is 5.73 Å². The largest absolute Gasteiger partial charge is 0.396 e. The smallest absolute Gasteiger partial charge is 0.267 e. The number of morpholine rings is 1. The van der Waals surface area contributed by atoms with E-state index in [1.54, 1.807) is 11.1 Å². The van der Waals surface area contributed by atoms with Crippen molar-refractivity contribution in [1.82, 2.24) is 14.3 Å². The molecule has 0 aliphatic carbocycles. The van der Waals surface area contributed by atoms with Crippen LogP contribution in [0.1, 0.15) is 9.67 Å². The van der Waals surface area contributed by atoms with E-state index < -0.39 is 0 Å². The Hall–Kier alpha value is -1.99. The standard InChI is InChI=1S/C13H14N4O2S/c14-10-11(9-3-1-2-4-15-9)16-20-12(10)13(18)17-5-7-19-8-6-17/h1-4H,5-8,14H2. The lowest BCUT2D eigenvalue weighted by atomic mass is 10.2. The number of rotatable bonds is 2. The van der Waals surface area contributed by atoms with Crippen LogP contribution in [0.3, 0.4) is 0 Å². The number of hydrogen-bond donors (Lipinski definition) is 1. The zero-order valence-electron chi connectivity index (χ0n) is 10.8. The normalized spacial score (nSPS) is 15.3. The first kappa shape index (κ1) is 13.0. The molecule has 0 spiro atoms. The molecule has 1 amide bonds. The van der Waals surface area contributed by atoms with Crippen molar-refractivity contribution >= 4 is 23.1 Å². The topological polar surface area (TPSA) is 81.3 Å². The van der Waals surface area contributed by atoms with Crippen LogP contribution >= 0.6 is 11.5 Å². The monoisotopic (exact) mass is 290 g/mol. The third kappa shape index (κ3) is 2.37. The number of ether oxygens (including phenoxy) is 1. The number of nitrogens with zero attached hydrogens (tertiary/aromatic N) is 3. The molecule has 0 atom stereocenters. The van der Waals surface area contributed by atoms with E-state index in [2.05, 4.69) is 9.36 Å². The zero-order valence-corrected chi connectivity index (χ0v) is 11.6. The minimum atomic E-state index is -0.0783. The van der Waals surface area contributed by atoms with Gasteiger partial charge in [-0.3, -0.25) is 9.78 Å². The van der Waals surface area contributed by atoms with Gasteiger partial charge in [0.15, 0.2) is 0 Å². The summed E-state index contributed by atoms with van der Waals surface area (Å²) in [6.07, 6.45) is 1.68. The highest BCUT2D eigenvalue weighted by molar-refractivity contribution is 7.09. The van der Waals surface area contributed by atoms with Gasteiger partial charge in [0, 0.05) is 19.3 Å².